The highest BCUT2D eigenvalue weighted by Gasteiger charge is 2.25. The Hall–Kier alpha value is -3.16. The summed E-state index contributed by atoms with van der Waals surface area (Å²) < 4.78 is 6.86. The van der Waals surface area contributed by atoms with Crippen molar-refractivity contribution in [1.29, 1.82) is 0 Å². The van der Waals surface area contributed by atoms with E-state index in [2.05, 4.69) is 64.0 Å². The number of carbonyl (C=O) groups excluding carboxylic acids is 3. The van der Waals surface area contributed by atoms with Gasteiger partial charge in [-0.2, -0.15) is 5.10 Å². The lowest BCUT2D eigenvalue weighted by atomic mass is 9.91. The van der Waals surface area contributed by atoms with Gasteiger partial charge in [-0.05, 0) is 34.1 Å². The topological polar surface area (TPSA) is 118 Å². The minimum atomic E-state index is -0.835. The third-order valence-corrected chi connectivity index (χ3v) is 5.73. The van der Waals surface area contributed by atoms with Gasteiger partial charge in [-0.15, -0.1) is 6.58 Å². The molecule has 3 rings (SSSR count). The standard InChI is InChI=1S/C21H18BBr2ClN6O4/c1-3-7-30(29-21(34)35-2)20(33)12-8-11(23)9-13(22)17(12)27-19(32)15-10-16(24)28-31(15)18-14(25)5-4-6-26-18/h3-6,8-10H,1,7,22H2,2H3,(H,27,32)(H,29,34). The molecule has 0 bridgehead atoms. The van der Waals surface area contributed by atoms with Crippen LogP contribution in [0.4, 0.5) is 10.5 Å². The van der Waals surface area contributed by atoms with Gasteiger partial charge in [0.15, 0.2) is 5.82 Å². The van der Waals surface area contributed by atoms with Gasteiger partial charge < -0.3 is 10.1 Å². The van der Waals surface area contributed by atoms with Crippen LogP contribution in [0.3, 0.4) is 0 Å². The number of ether oxygens (including phenoxy) is 1. The van der Waals surface area contributed by atoms with Crippen molar-refractivity contribution in [2.75, 3.05) is 19.0 Å². The van der Waals surface area contributed by atoms with Gasteiger partial charge in [-0.3, -0.25) is 9.59 Å². The monoisotopic (exact) mass is 622 g/mol. The normalized spacial score (nSPS) is 10.4. The number of hydrazine groups is 1. The number of benzene rings is 1. The van der Waals surface area contributed by atoms with Gasteiger partial charge in [-0.25, -0.2) is 24.9 Å². The van der Waals surface area contributed by atoms with Crippen molar-refractivity contribution >= 4 is 80.4 Å². The van der Waals surface area contributed by atoms with Crippen molar-refractivity contribution in [2.45, 2.75) is 0 Å². The first-order valence-corrected chi connectivity index (χ1v) is 11.9. The number of methoxy groups -OCH3 is 1. The van der Waals surface area contributed by atoms with Crippen LogP contribution in [0.2, 0.25) is 5.02 Å². The Morgan fingerprint density at radius 1 is 1.31 bits per heavy atom. The van der Waals surface area contributed by atoms with E-state index >= 15 is 0 Å². The summed E-state index contributed by atoms with van der Waals surface area (Å²) in [5.74, 6) is -0.911. The number of nitrogens with zero attached hydrogens (tertiary/aromatic N) is 4. The number of pyridine rings is 1. The first-order valence-electron chi connectivity index (χ1n) is 9.91. The molecule has 10 nitrogen and oxygen atoms in total. The van der Waals surface area contributed by atoms with Crippen LogP contribution >= 0.6 is 43.5 Å². The van der Waals surface area contributed by atoms with Crippen LogP contribution in [-0.4, -0.2) is 59.2 Å². The fourth-order valence-electron chi connectivity index (χ4n) is 3.07. The molecule has 1 aromatic carbocycles. The highest BCUT2D eigenvalue weighted by Crippen LogP contribution is 2.24. The number of nitrogens with one attached hydrogen (secondary N) is 2. The first kappa shape index (κ1) is 26.4. The Labute approximate surface area is 223 Å². The summed E-state index contributed by atoms with van der Waals surface area (Å²) in [6.45, 7) is 3.60. The average molecular weight is 624 g/mol. The molecule has 0 unspecified atom stereocenters. The lowest BCUT2D eigenvalue weighted by Crippen LogP contribution is -2.46. The molecule has 180 valence electrons. The second-order valence-electron chi connectivity index (χ2n) is 6.98. The Morgan fingerprint density at radius 2 is 2.06 bits per heavy atom. The molecule has 0 aliphatic carbocycles. The summed E-state index contributed by atoms with van der Waals surface area (Å²) in [6, 6.07) is 8.05. The molecule has 2 N–H and O–H groups in total. The molecule has 0 aliphatic rings. The van der Waals surface area contributed by atoms with Crippen molar-refractivity contribution in [3.8, 4) is 5.82 Å². The maximum absolute atomic E-state index is 13.4. The molecular weight excluding hydrogens is 606 g/mol. The van der Waals surface area contributed by atoms with E-state index in [1.165, 1.54) is 36.2 Å². The minimum absolute atomic E-state index is 0.00915. The van der Waals surface area contributed by atoms with Gasteiger partial charge in [0, 0.05) is 22.4 Å². The smallest absolute Gasteiger partial charge is 0.425 e. The Bertz CT molecular complexity index is 1320. The molecular formula is C21H18BBr2ClN6O4. The second-order valence-corrected chi connectivity index (χ2v) is 9.12. The highest BCUT2D eigenvalue weighted by molar-refractivity contribution is 9.10. The van der Waals surface area contributed by atoms with Gasteiger partial charge >= 0.3 is 6.09 Å². The SMILES string of the molecule is Bc1cc(Br)cc(C(=O)N(CC=C)NC(=O)OC)c1NC(=O)c1cc(Br)nn1-c1ncccc1Cl. The van der Waals surface area contributed by atoms with Gasteiger partial charge in [-0.1, -0.05) is 45.1 Å². The maximum atomic E-state index is 13.4. The van der Waals surface area contributed by atoms with E-state index in [1.807, 2.05) is 0 Å². The number of aromatic nitrogens is 3. The molecule has 2 aromatic heterocycles. The summed E-state index contributed by atoms with van der Waals surface area (Å²) >= 11 is 12.9. The average Bonchev–Trinajstić information content (AvgIpc) is 3.21. The van der Waals surface area contributed by atoms with Crippen LogP contribution in [0.15, 0.2) is 58.3 Å². The zero-order chi connectivity index (χ0) is 25.7. The fourth-order valence-corrected chi connectivity index (χ4v) is 4.22. The lowest BCUT2D eigenvalue weighted by Gasteiger charge is -2.23. The lowest BCUT2D eigenvalue weighted by molar-refractivity contribution is 0.0659. The molecule has 0 radical (unpaired) electrons. The predicted octanol–water partition coefficient (Wildman–Crippen LogP) is 2.86. The van der Waals surface area contributed by atoms with Crippen molar-refractivity contribution in [1.82, 2.24) is 25.2 Å². The van der Waals surface area contributed by atoms with E-state index in [-0.39, 0.29) is 29.3 Å². The Kier molecular flexibility index (Phi) is 8.70. The van der Waals surface area contributed by atoms with Crippen LogP contribution in [0.5, 0.6) is 0 Å². The number of rotatable bonds is 6. The van der Waals surface area contributed by atoms with E-state index in [0.717, 1.165) is 5.01 Å². The molecule has 14 heteroatoms. The number of halogens is 3. The summed E-state index contributed by atoms with van der Waals surface area (Å²) in [6.07, 6.45) is 2.12. The highest BCUT2D eigenvalue weighted by atomic mass is 79.9. The largest absolute Gasteiger partial charge is 0.452 e. The Balaban J connectivity index is 2.03. The second kappa shape index (κ2) is 11.5. The van der Waals surface area contributed by atoms with E-state index in [9.17, 15) is 14.4 Å². The molecule has 3 amide bonds. The fraction of sp³-hybridized carbons (Fsp3) is 0.0952. The number of hydrogen-bond acceptors (Lipinski definition) is 6. The zero-order valence-electron chi connectivity index (χ0n) is 18.5. The van der Waals surface area contributed by atoms with E-state index in [0.29, 0.717) is 19.6 Å². The van der Waals surface area contributed by atoms with Crippen LogP contribution in [0, 0.1) is 0 Å². The van der Waals surface area contributed by atoms with Crippen molar-refractivity contribution in [3.05, 3.63) is 74.5 Å². The van der Waals surface area contributed by atoms with Gasteiger partial charge in [0.25, 0.3) is 11.8 Å². The van der Waals surface area contributed by atoms with Crippen LogP contribution in [-0.2, 0) is 4.74 Å². The first-order chi connectivity index (χ1) is 16.7. The number of amides is 3. The summed E-state index contributed by atoms with van der Waals surface area (Å²) in [5, 5.41) is 8.36. The quantitative estimate of drug-likeness (QED) is 0.248. The predicted molar refractivity (Wildman–Crippen MR) is 141 cm³/mol. The number of hydrogen-bond donors (Lipinski definition) is 2. The molecule has 0 fully saturated rings. The molecule has 0 spiro atoms. The molecule has 0 aliphatic heterocycles. The molecule has 0 atom stereocenters. The van der Waals surface area contributed by atoms with Gasteiger partial charge in [0.05, 0.1) is 24.2 Å². The zero-order valence-corrected chi connectivity index (χ0v) is 22.4. The third kappa shape index (κ3) is 6.10. The van der Waals surface area contributed by atoms with Crippen molar-refractivity contribution in [3.63, 3.8) is 0 Å². The third-order valence-electron chi connectivity index (χ3n) is 4.59. The van der Waals surface area contributed by atoms with E-state index in [4.69, 9.17) is 11.6 Å². The summed E-state index contributed by atoms with van der Waals surface area (Å²) in [5.41, 5.74) is 3.40. The van der Waals surface area contributed by atoms with Crippen LogP contribution < -0.4 is 16.2 Å². The van der Waals surface area contributed by atoms with Crippen molar-refractivity contribution < 1.29 is 19.1 Å². The summed E-state index contributed by atoms with van der Waals surface area (Å²) in [4.78, 5) is 42.7. The molecule has 35 heavy (non-hydrogen) atoms. The van der Waals surface area contributed by atoms with Crippen molar-refractivity contribution in [2.24, 2.45) is 0 Å². The number of anilines is 1. The van der Waals surface area contributed by atoms with E-state index < -0.39 is 17.9 Å². The number of carbonyl (C=O) groups is 3. The molecule has 0 saturated heterocycles. The maximum Gasteiger partial charge on any atom is 0.425 e. The minimum Gasteiger partial charge on any atom is -0.452 e. The van der Waals surface area contributed by atoms with Crippen LogP contribution in [0.1, 0.15) is 20.8 Å². The summed E-state index contributed by atoms with van der Waals surface area (Å²) in [7, 11) is 2.90. The van der Waals surface area contributed by atoms with Crippen LogP contribution in [0.25, 0.3) is 5.82 Å². The van der Waals surface area contributed by atoms with E-state index in [1.54, 1.807) is 26.0 Å². The van der Waals surface area contributed by atoms with Gasteiger partial charge in [0.1, 0.15) is 18.1 Å². The molecule has 0 saturated carbocycles. The Morgan fingerprint density at radius 3 is 2.71 bits per heavy atom. The molecule has 2 heterocycles. The molecule has 3 aromatic rings. The van der Waals surface area contributed by atoms with Gasteiger partial charge in [0.2, 0.25) is 0 Å².